The molecule has 5 nitrogen and oxygen atoms in total. The standard InChI is InChI=1S/C18H20FN3O2/c1-13-11-21(18(23)24-15-7-4-3-5-8-15)12-14(2)22(13)17-10-6-9-16(19)20-17/h3-10,13-14H,11-12H2,1-2H3. The summed E-state index contributed by atoms with van der Waals surface area (Å²) in [5.74, 6) is 0.612. The van der Waals surface area contributed by atoms with Gasteiger partial charge in [-0.2, -0.15) is 4.39 Å². The van der Waals surface area contributed by atoms with Gasteiger partial charge < -0.3 is 14.5 Å². The van der Waals surface area contributed by atoms with Crippen LogP contribution in [0.5, 0.6) is 5.75 Å². The van der Waals surface area contributed by atoms with E-state index in [0.717, 1.165) is 0 Å². The number of ether oxygens (including phenoxy) is 1. The third kappa shape index (κ3) is 3.48. The van der Waals surface area contributed by atoms with Gasteiger partial charge in [-0.25, -0.2) is 9.78 Å². The van der Waals surface area contributed by atoms with E-state index in [0.29, 0.717) is 24.7 Å². The maximum absolute atomic E-state index is 13.4. The molecule has 6 heteroatoms. The molecule has 0 N–H and O–H groups in total. The van der Waals surface area contributed by atoms with Crippen molar-refractivity contribution < 1.29 is 13.9 Å². The Morgan fingerprint density at radius 3 is 2.38 bits per heavy atom. The quantitative estimate of drug-likeness (QED) is 0.793. The number of amides is 1. The summed E-state index contributed by atoms with van der Waals surface area (Å²) in [6, 6.07) is 13.8. The molecule has 1 aliphatic heterocycles. The molecule has 1 fully saturated rings. The Bertz CT molecular complexity index is 698. The van der Waals surface area contributed by atoms with Gasteiger partial charge in [0.25, 0.3) is 0 Å². The Kier molecular flexibility index (Phi) is 4.64. The van der Waals surface area contributed by atoms with Crippen LogP contribution in [0.25, 0.3) is 0 Å². The van der Waals surface area contributed by atoms with Crippen molar-refractivity contribution in [3.8, 4) is 5.75 Å². The molecule has 2 heterocycles. The van der Waals surface area contributed by atoms with E-state index in [4.69, 9.17) is 4.74 Å². The lowest BCUT2D eigenvalue weighted by Crippen LogP contribution is -2.59. The van der Waals surface area contributed by atoms with Gasteiger partial charge in [-0.15, -0.1) is 0 Å². The van der Waals surface area contributed by atoms with Crippen LogP contribution in [0.1, 0.15) is 13.8 Å². The molecule has 3 rings (SSSR count). The number of hydrogen-bond acceptors (Lipinski definition) is 4. The van der Waals surface area contributed by atoms with Gasteiger partial charge in [-0.1, -0.05) is 24.3 Å². The number of anilines is 1. The van der Waals surface area contributed by atoms with E-state index >= 15 is 0 Å². The van der Waals surface area contributed by atoms with Crippen molar-refractivity contribution in [2.45, 2.75) is 25.9 Å². The molecule has 1 aliphatic rings. The second-order valence-corrected chi connectivity index (χ2v) is 6.01. The predicted octanol–water partition coefficient (Wildman–Crippen LogP) is 3.32. The minimum atomic E-state index is -0.502. The van der Waals surface area contributed by atoms with Crippen LogP contribution in [0.4, 0.5) is 15.0 Å². The third-order valence-corrected chi connectivity index (χ3v) is 4.09. The molecule has 1 amide bonds. The molecule has 24 heavy (non-hydrogen) atoms. The van der Waals surface area contributed by atoms with Crippen molar-refractivity contribution in [3.05, 3.63) is 54.5 Å². The first kappa shape index (κ1) is 16.2. The van der Waals surface area contributed by atoms with Gasteiger partial charge >= 0.3 is 6.09 Å². The molecule has 1 aromatic carbocycles. The van der Waals surface area contributed by atoms with Crippen molar-refractivity contribution in [3.63, 3.8) is 0 Å². The lowest BCUT2D eigenvalue weighted by Gasteiger charge is -2.44. The molecule has 0 saturated carbocycles. The van der Waals surface area contributed by atoms with Gasteiger partial charge in [0.2, 0.25) is 5.95 Å². The summed E-state index contributed by atoms with van der Waals surface area (Å²) in [7, 11) is 0. The Morgan fingerprint density at radius 2 is 1.75 bits per heavy atom. The monoisotopic (exact) mass is 329 g/mol. The molecule has 1 saturated heterocycles. The van der Waals surface area contributed by atoms with E-state index < -0.39 is 5.95 Å². The van der Waals surface area contributed by atoms with Crippen LogP contribution in [0.15, 0.2) is 48.5 Å². The number of pyridine rings is 1. The number of para-hydroxylation sites is 1. The minimum absolute atomic E-state index is 0.00590. The highest BCUT2D eigenvalue weighted by molar-refractivity contribution is 5.71. The van der Waals surface area contributed by atoms with E-state index in [9.17, 15) is 9.18 Å². The summed E-state index contributed by atoms with van der Waals surface area (Å²) in [6.07, 6.45) is -0.369. The van der Waals surface area contributed by atoms with Gasteiger partial charge in [0.05, 0.1) is 0 Å². The second-order valence-electron chi connectivity index (χ2n) is 6.01. The molecule has 2 atom stereocenters. The number of aromatic nitrogens is 1. The van der Waals surface area contributed by atoms with Crippen LogP contribution in [-0.2, 0) is 0 Å². The van der Waals surface area contributed by atoms with Crippen LogP contribution < -0.4 is 9.64 Å². The van der Waals surface area contributed by atoms with Crippen LogP contribution in [0.3, 0.4) is 0 Å². The molecule has 1 aromatic heterocycles. The topological polar surface area (TPSA) is 45.7 Å². The number of hydrogen-bond donors (Lipinski definition) is 0. The molecule has 0 radical (unpaired) electrons. The van der Waals surface area contributed by atoms with Crippen molar-refractivity contribution >= 4 is 11.9 Å². The lowest BCUT2D eigenvalue weighted by molar-refractivity contribution is 0.134. The number of carbonyl (C=O) groups is 1. The number of carbonyl (C=O) groups excluding carboxylic acids is 1. The van der Waals surface area contributed by atoms with Gasteiger partial charge in [-0.05, 0) is 38.1 Å². The fourth-order valence-electron chi connectivity index (χ4n) is 3.12. The Morgan fingerprint density at radius 1 is 1.08 bits per heavy atom. The molecule has 2 aromatic rings. The normalized spacial score (nSPS) is 20.8. The third-order valence-electron chi connectivity index (χ3n) is 4.09. The zero-order valence-electron chi connectivity index (χ0n) is 13.7. The smallest absolute Gasteiger partial charge is 0.410 e. The molecular weight excluding hydrogens is 309 g/mol. The first-order valence-corrected chi connectivity index (χ1v) is 7.97. The van der Waals surface area contributed by atoms with Gasteiger partial charge in [0.1, 0.15) is 11.6 Å². The average molecular weight is 329 g/mol. The van der Waals surface area contributed by atoms with Crippen LogP contribution in [0.2, 0.25) is 0 Å². The van der Waals surface area contributed by atoms with Gasteiger partial charge in [-0.3, -0.25) is 0 Å². The van der Waals surface area contributed by atoms with E-state index in [2.05, 4.69) is 4.98 Å². The summed E-state index contributed by atoms with van der Waals surface area (Å²) in [4.78, 5) is 20.0. The number of piperazine rings is 1. The molecule has 0 spiro atoms. The van der Waals surface area contributed by atoms with Crippen molar-refractivity contribution in [1.29, 1.82) is 0 Å². The van der Waals surface area contributed by atoms with Crippen molar-refractivity contribution in [2.75, 3.05) is 18.0 Å². The lowest BCUT2D eigenvalue weighted by atomic mass is 10.1. The second kappa shape index (κ2) is 6.86. The fourth-order valence-corrected chi connectivity index (χ4v) is 3.12. The summed E-state index contributed by atoms with van der Waals surface area (Å²) in [6.45, 7) is 4.97. The fraction of sp³-hybridized carbons (Fsp3) is 0.333. The molecular formula is C18H20FN3O2. The van der Waals surface area contributed by atoms with Crippen molar-refractivity contribution in [1.82, 2.24) is 9.88 Å². The first-order valence-electron chi connectivity index (χ1n) is 7.97. The minimum Gasteiger partial charge on any atom is -0.410 e. The largest absolute Gasteiger partial charge is 0.415 e. The van der Waals surface area contributed by atoms with E-state index in [-0.39, 0.29) is 18.2 Å². The predicted molar refractivity (Wildman–Crippen MR) is 89.6 cm³/mol. The zero-order chi connectivity index (χ0) is 17.1. The van der Waals surface area contributed by atoms with E-state index in [1.807, 2.05) is 36.9 Å². The first-order chi connectivity index (χ1) is 11.5. The zero-order valence-corrected chi connectivity index (χ0v) is 13.7. The van der Waals surface area contributed by atoms with Gasteiger partial charge in [0.15, 0.2) is 0 Å². The van der Waals surface area contributed by atoms with Gasteiger partial charge in [0, 0.05) is 25.2 Å². The molecule has 126 valence electrons. The molecule has 2 unspecified atom stereocenters. The number of nitrogens with zero attached hydrogens (tertiary/aromatic N) is 3. The summed E-state index contributed by atoms with van der Waals surface area (Å²) < 4.78 is 18.8. The SMILES string of the molecule is CC1CN(C(=O)Oc2ccccc2)CC(C)N1c1cccc(F)n1. The summed E-state index contributed by atoms with van der Waals surface area (Å²) >= 11 is 0. The summed E-state index contributed by atoms with van der Waals surface area (Å²) in [5, 5.41) is 0. The molecule has 0 bridgehead atoms. The highest BCUT2D eigenvalue weighted by Crippen LogP contribution is 2.23. The molecule has 0 aliphatic carbocycles. The highest BCUT2D eigenvalue weighted by atomic mass is 19.1. The Balaban J connectivity index is 1.70. The van der Waals surface area contributed by atoms with E-state index in [1.165, 1.54) is 6.07 Å². The number of halogens is 1. The van der Waals surface area contributed by atoms with Crippen LogP contribution in [-0.4, -0.2) is 41.2 Å². The number of rotatable bonds is 2. The van der Waals surface area contributed by atoms with Crippen molar-refractivity contribution in [2.24, 2.45) is 0 Å². The average Bonchev–Trinajstić information content (AvgIpc) is 2.55. The van der Waals surface area contributed by atoms with E-state index in [1.54, 1.807) is 29.2 Å². The van der Waals surface area contributed by atoms with Crippen LogP contribution in [0, 0.1) is 5.95 Å². The van der Waals surface area contributed by atoms with Crippen LogP contribution >= 0.6 is 0 Å². The maximum atomic E-state index is 13.4. The summed E-state index contributed by atoms with van der Waals surface area (Å²) in [5.41, 5.74) is 0. The number of benzene rings is 1. The maximum Gasteiger partial charge on any atom is 0.415 e. The Hall–Kier alpha value is -2.63. The highest BCUT2D eigenvalue weighted by Gasteiger charge is 2.33. The Labute approximate surface area is 140 Å².